The third kappa shape index (κ3) is 15.3. The summed E-state index contributed by atoms with van der Waals surface area (Å²) in [5.74, 6) is -0.0744. The average Bonchev–Trinajstić information content (AvgIpc) is 3.27. The molecule has 5 aromatic rings. The zero-order valence-corrected chi connectivity index (χ0v) is 35.5. The first-order chi connectivity index (χ1) is 29.7. The molecule has 10 heteroatoms. The lowest BCUT2D eigenvalue weighted by molar-refractivity contribution is 0.0712. The lowest BCUT2D eigenvalue weighted by Crippen LogP contribution is -2.13. The van der Waals surface area contributed by atoms with E-state index in [1.807, 2.05) is 0 Å². The van der Waals surface area contributed by atoms with Gasteiger partial charge in [0.15, 0.2) is 0 Å². The van der Waals surface area contributed by atoms with E-state index in [9.17, 15) is 19.2 Å². The van der Waals surface area contributed by atoms with Crippen LogP contribution in [0.15, 0.2) is 115 Å². The van der Waals surface area contributed by atoms with Crippen molar-refractivity contribution in [2.45, 2.75) is 97.8 Å². The summed E-state index contributed by atoms with van der Waals surface area (Å²) in [7, 11) is 0. The van der Waals surface area contributed by atoms with Crippen LogP contribution in [0, 0.1) is 6.92 Å². The first kappa shape index (κ1) is 45.7. The maximum atomic E-state index is 13.2. The summed E-state index contributed by atoms with van der Waals surface area (Å²) in [6.45, 7) is 7.41. The molecule has 0 aliphatic rings. The third-order valence-electron chi connectivity index (χ3n) is 9.90. The van der Waals surface area contributed by atoms with E-state index >= 15 is 0 Å². The second-order valence-corrected chi connectivity index (χ2v) is 14.8. The molecule has 0 fully saturated rings. The van der Waals surface area contributed by atoms with Gasteiger partial charge < -0.3 is 28.4 Å². The molecule has 0 unspecified atom stereocenters. The van der Waals surface area contributed by atoms with Crippen LogP contribution in [0.5, 0.6) is 34.5 Å². The Morgan fingerprint density at radius 3 is 1.10 bits per heavy atom. The Kier molecular flexibility index (Phi) is 18.4. The average molecular weight is 829 g/mol. The largest absolute Gasteiger partial charge is 0.494 e. The van der Waals surface area contributed by atoms with E-state index in [0.717, 1.165) is 25.7 Å². The molecule has 61 heavy (non-hydrogen) atoms. The minimum absolute atomic E-state index is 0.132. The smallest absolute Gasteiger partial charge is 0.343 e. The molecule has 0 N–H and O–H groups in total. The second kappa shape index (κ2) is 24.6. The van der Waals surface area contributed by atoms with Crippen molar-refractivity contribution in [1.29, 1.82) is 0 Å². The molecule has 0 aliphatic carbocycles. The Hall–Kier alpha value is -6.42. The van der Waals surface area contributed by atoms with E-state index in [-0.39, 0.29) is 33.9 Å². The van der Waals surface area contributed by atoms with E-state index in [0.29, 0.717) is 41.6 Å². The van der Waals surface area contributed by atoms with Crippen molar-refractivity contribution >= 4 is 23.9 Å². The Labute approximate surface area is 359 Å². The van der Waals surface area contributed by atoms with E-state index < -0.39 is 23.9 Å². The molecule has 0 heterocycles. The molecule has 10 nitrogen and oxygen atoms in total. The highest BCUT2D eigenvalue weighted by molar-refractivity contribution is 5.95. The van der Waals surface area contributed by atoms with Gasteiger partial charge in [0.2, 0.25) is 0 Å². The van der Waals surface area contributed by atoms with Crippen molar-refractivity contribution in [3.8, 4) is 34.5 Å². The summed E-state index contributed by atoms with van der Waals surface area (Å²) in [6, 6.07) is 30.3. The Bertz CT molecular complexity index is 2140. The van der Waals surface area contributed by atoms with Gasteiger partial charge >= 0.3 is 23.9 Å². The number of hydrogen-bond donors (Lipinski definition) is 0. The summed E-state index contributed by atoms with van der Waals surface area (Å²) < 4.78 is 33.8. The summed E-state index contributed by atoms with van der Waals surface area (Å²) in [6.07, 6.45) is 14.2. The van der Waals surface area contributed by atoms with Gasteiger partial charge in [-0.3, -0.25) is 0 Å². The molecule has 0 radical (unpaired) electrons. The van der Waals surface area contributed by atoms with Crippen LogP contribution in [-0.2, 0) is 0 Å². The van der Waals surface area contributed by atoms with Gasteiger partial charge in [-0.25, -0.2) is 19.2 Å². The second-order valence-electron chi connectivity index (χ2n) is 14.8. The Morgan fingerprint density at radius 2 is 0.672 bits per heavy atom. The molecule has 0 atom stereocenters. The normalized spacial score (nSPS) is 10.7. The van der Waals surface area contributed by atoms with Crippen molar-refractivity contribution in [2.75, 3.05) is 13.2 Å². The van der Waals surface area contributed by atoms with Crippen molar-refractivity contribution in [3.05, 3.63) is 143 Å². The fourth-order valence-corrected chi connectivity index (χ4v) is 6.30. The molecule has 0 aromatic heterocycles. The summed E-state index contributed by atoms with van der Waals surface area (Å²) in [5, 5.41) is 0. The first-order valence-electron chi connectivity index (χ1n) is 21.4. The van der Waals surface area contributed by atoms with Gasteiger partial charge in [-0.15, -0.1) is 0 Å². The topological polar surface area (TPSA) is 124 Å². The highest BCUT2D eigenvalue weighted by atomic mass is 16.5. The van der Waals surface area contributed by atoms with Gasteiger partial charge in [0.1, 0.15) is 34.5 Å². The molecule has 0 aliphatic heterocycles. The van der Waals surface area contributed by atoms with Gasteiger partial charge in [-0.2, -0.15) is 0 Å². The summed E-state index contributed by atoms with van der Waals surface area (Å²) in [4.78, 5) is 51.7. The van der Waals surface area contributed by atoms with Crippen LogP contribution in [0.25, 0.3) is 0 Å². The fourth-order valence-electron chi connectivity index (χ4n) is 6.30. The number of benzene rings is 5. The van der Waals surface area contributed by atoms with Crippen LogP contribution in [0.3, 0.4) is 0 Å². The predicted molar refractivity (Wildman–Crippen MR) is 235 cm³/mol. The summed E-state index contributed by atoms with van der Waals surface area (Å²) in [5.41, 5.74) is 1.63. The Balaban J connectivity index is 1.06. The number of hydrogen-bond acceptors (Lipinski definition) is 10. The number of unbranched alkanes of at least 4 members (excludes halogenated alkanes) is 10. The minimum atomic E-state index is -0.675. The van der Waals surface area contributed by atoms with Gasteiger partial charge in [-0.1, -0.05) is 84.1 Å². The molecule has 0 bridgehead atoms. The standard InChI is InChI=1S/C51H56O10/c1-4-6-8-10-12-14-34-56-41-24-17-38(18-25-41)48(52)58-43-26-19-40(20-27-43)50(54)61-46-23-16-37(3)47(36-46)51(55)60-44-28-21-39(22-29-44)49(53)59-45-32-30-42(31-33-45)57-35-15-13-11-9-7-5-2/h16-33,36H,4-15,34-35H2,1-3H3. The number of rotatable bonds is 24. The number of ether oxygens (including phenoxy) is 6. The third-order valence-corrected chi connectivity index (χ3v) is 9.90. The van der Waals surface area contributed by atoms with Crippen LogP contribution in [0.2, 0.25) is 0 Å². The fraction of sp³-hybridized carbons (Fsp3) is 0.333. The summed E-state index contributed by atoms with van der Waals surface area (Å²) >= 11 is 0. The van der Waals surface area contributed by atoms with Gasteiger partial charge in [0.25, 0.3) is 0 Å². The molecular formula is C51H56O10. The van der Waals surface area contributed by atoms with Crippen LogP contribution < -0.4 is 28.4 Å². The lowest BCUT2D eigenvalue weighted by Gasteiger charge is -2.11. The highest BCUT2D eigenvalue weighted by Gasteiger charge is 2.17. The van der Waals surface area contributed by atoms with Gasteiger partial charge in [0, 0.05) is 0 Å². The first-order valence-corrected chi connectivity index (χ1v) is 21.4. The Morgan fingerprint density at radius 1 is 0.361 bits per heavy atom. The molecule has 0 amide bonds. The maximum Gasteiger partial charge on any atom is 0.343 e. The van der Waals surface area contributed by atoms with E-state index in [2.05, 4.69) is 13.8 Å². The predicted octanol–water partition coefficient (Wildman–Crippen LogP) is 12.4. The zero-order chi connectivity index (χ0) is 43.2. The molecule has 5 rings (SSSR count). The maximum absolute atomic E-state index is 13.2. The zero-order valence-electron chi connectivity index (χ0n) is 35.5. The molecule has 5 aromatic carbocycles. The molecule has 0 spiro atoms. The number of aryl methyl sites for hydroxylation is 1. The van der Waals surface area contributed by atoms with Crippen LogP contribution in [-0.4, -0.2) is 37.1 Å². The van der Waals surface area contributed by atoms with Crippen LogP contribution in [0.4, 0.5) is 0 Å². The van der Waals surface area contributed by atoms with Crippen molar-refractivity contribution in [2.24, 2.45) is 0 Å². The minimum Gasteiger partial charge on any atom is -0.494 e. The number of esters is 4. The van der Waals surface area contributed by atoms with E-state index in [1.165, 1.54) is 106 Å². The van der Waals surface area contributed by atoms with Crippen LogP contribution >= 0.6 is 0 Å². The van der Waals surface area contributed by atoms with Gasteiger partial charge in [0.05, 0.1) is 35.5 Å². The lowest BCUT2D eigenvalue weighted by atomic mass is 10.1. The molecular weight excluding hydrogens is 773 g/mol. The van der Waals surface area contributed by atoms with E-state index in [1.54, 1.807) is 67.6 Å². The number of carbonyl (C=O) groups is 4. The quantitative estimate of drug-likeness (QED) is 0.0337. The SMILES string of the molecule is CCCCCCCCOc1ccc(OC(=O)c2ccc(OC(=O)c3cc(OC(=O)c4ccc(OC(=O)c5ccc(OCCCCCCCC)cc5)cc4)ccc3C)cc2)cc1. The monoisotopic (exact) mass is 828 g/mol. The van der Waals surface area contributed by atoms with E-state index in [4.69, 9.17) is 28.4 Å². The van der Waals surface area contributed by atoms with Crippen LogP contribution in [0.1, 0.15) is 138 Å². The van der Waals surface area contributed by atoms with Crippen molar-refractivity contribution in [1.82, 2.24) is 0 Å². The van der Waals surface area contributed by atoms with Crippen molar-refractivity contribution in [3.63, 3.8) is 0 Å². The van der Waals surface area contributed by atoms with Crippen molar-refractivity contribution < 1.29 is 47.6 Å². The molecule has 320 valence electrons. The molecule has 0 saturated carbocycles. The number of carbonyl (C=O) groups excluding carboxylic acids is 4. The highest BCUT2D eigenvalue weighted by Crippen LogP contribution is 2.24. The van der Waals surface area contributed by atoms with Gasteiger partial charge in [-0.05, 0) is 135 Å². The molecule has 0 saturated heterocycles.